The Hall–Kier alpha value is -2.68. The summed E-state index contributed by atoms with van der Waals surface area (Å²) in [6.45, 7) is 2.80. The summed E-state index contributed by atoms with van der Waals surface area (Å²) in [6.07, 6.45) is 0. The van der Waals surface area contributed by atoms with E-state index in [1.54, 1.807) is 6.07 Å². The molecule has 3 rings (SSSR count). The summed E-state index contributed by atoms with van der Waals surface area (Å²) >= 11 is 2.23. The molecule has 1 amide bonds. The highest BCUT2D eigenvalue weighted by Gasteiger charge is 2.08. The zero-order chi connectivity index (χ0) is 19.9. The number of hydrogen-bond acceptors (Lipinski definition) is 4. The van der Waals surface area contributed by atoms with E-state index in [-0.39, 0.29) is 18.0 Å². The molecule has 0 bridgehead atoms. The van der Waals surface area contributed by atoms with Gasteiger partial charge in [0.05, 0.1) is 12.3 Å². The average molecular weight is 489 g/mol. The normalized spacial score (nSPS) is 10.5. The van der Waals surface area contributed by atoms with Gasteiger partial charge in [-0.25, -0.2) is 4.68 Å². The van der Waals surface area contributed by atoms with Gasteiger partial charge in [0.15, 0.2) is 0 Å². The molecule has 0 spiro atoms. The van der Waals surface area contributed by atoms with Gasteiger partial charge in [0.2, 0.25) is 5.91 Å². The summed E-state index contributed by atoms with van der Waals surface area (Å²) < 4.78 is 7.74. The van der Waals surface area contributed by atoms with Crippen LogP contribution in [0.2, 0.25) is 0 Å². The average Bonchev–Trinajstić information content (AvgIpc) is 2.70. The standard InChI is InChI=1S/C21H20IN3O3/c1-2-28-18-9-5-16(6-10-18)19-11-12-21(27)25(24-19)14-20(26)23-13-15-3-7-17(22)8-4-15/h3-12H,2,13-14H2,1H3,(H,23,26). The number of halogens is 1. The molecule has 1 heterocycles. The second kappa shape index (κ2) is 9.50. The van der Waals surface area contributed by atoms with Crippen LogP contribution < -0.4 is 15.6 Å². The molecule has 0 unspecified atom stereocenters. The molecule has 28 heavy (non-hydrogen) atoms. The molecule has 6 nitrogen and oxygen atoms in total. The molecule has 0 aliphatic rings. The summed E-state index contributed by atoms with van der Waals surface area (Å²) in [6, 6.07) is 18.4. The first kappa shape index (κ1) is 20.1. The number of rotatable bonds is 7. The van der Waals surface area contributed by atoms with Gasteiger partial charge in [-0.1, -0.05) is 12.1 Å². The topological polar surface area (TPSA) is 73.2 Å². The fraction of sp³-hybridized carbons (Fsp3) is 0.190. The Bertz CT molecular complexity index is 999. The monoisotopic (exact) mass is 489 g/mol. The van der Waals surface area contributed by atoms with Crippen molar-refractivity contribution in [3.63, 3.8) is 0 Å². The Labute approximate surface area is 176 Å². The molecule has 0 saturated heterocycles. The SMILES string of the molecule is CCOc1ccc(-c2ccc(=O)n(CC(=O)NCc3ccc(I)cc3)n2)cc1. The third-order valence-electron chi connectivity index (χ3n) is 4.02. The van der Waals surface area contributed by atoms with Crippen molar-refractivity contribution in [2.24, 2.45) is 0 Å². The van der Waals surface area contributed by atoms with E-state index in [0.717, 1.165) is 20.4 Å². The maximum absolute atomic E-state index is 12.2. The van der Waals surface area contributed by atoms with Crippen LogP contribution in [0.15, 0.2) is 65.5 Å². The second-order valence-electron chi connectivity index (χ2n) is 6.08. The van der Waals surface area contributed by atoms with Gasteiger partial charge in [-0.05, 0) is 77.5 Å². The Balaban J connectivity index is 1.68. The van der Waals surface area contributed by atoms with Gasteiger partial charge in [-0.15, -0.1) is 0 Å². The molecule has 2 aromatic carbocycles. The van der Waals surface area contributed by atoms with E-state index in [1.165, 1.54) is 10.7 Å². The smallest absolute Gasteiger partial charge is 0.267 e. The van der Waals surface area contributed by atoms with Crippen molar-refractivity contribution < 1.29 is 9.53 Å². The Morgan fingerprint density at radius 3 is 2.46 bits per heavy atom. The van der Waals surface area contributed by atoms with Crippen LogP contribution >= 0.6 is 22.6 Å². The van der Waals surface area contributed by atoms with Crippen molar-refractivity contribution in [3.8, 4) is 17.0 Å². The van der Waals surface area contributed by atoms with Crippen LogP contribution in [0.3, 0.4) is 0 Å². The highest BCUT2D eigenvalue weighted by atomic mass is 127. The van der Waals surface area contributed by atoms with Gasteiger partial charge in [0.25, 0.3) is 5.56 Å². The Morgan fingerprint density at radius 2 is 1.79 bits per heavy atom. The first-order chi connectivity index (χ1) is 13.5. The first-order valence-electron chi connectivity index (χ1n) is 8.87. The van der Waals surface area contributed by atoms with Crippen molar-refractivity contribution in [3.05, 3.63) is 80.2 Å². The van der Waals surface area contributed by atoms with Crippen LogP contribution in [-0.4, -0.2) is 22.3 Å². The molecular weight excluding hydrogens is 469 g/mol. The van der Waals surface area contributed by atoms with E-state index >= 15 is 0 Å². The molecule has 0 fully saturated rings. The van der Waals surface area contributed by atoms with E-state index in [2.05, 4.69) is 33.0 Å². The van der Waals surface area contributed by atoms with Gasteiger partial charge in [-0.3, -0.25) is 9.59 Å². The van der Waals surface area contributed by atoms with Crippen molar-refractivity contribution in [2.75, 3.05) is 6.61 Å². The zero-order valence-electron chi connectivity index (χ0n) is 15.4. The van der Waals surface area contributed by atoms with Crippen LogP contribution in [0, 0.1) is 3.57 Å². The molecule has 0 aliphatic heterocycles. The highest BCUT2D eigenvalue weighted by molar-refractivity contribution is 14.1. The van der Waals surface area contributed by atoms with Crippen molar-refractivity contribution >= 4 is 28.5 Å². The molecule has 3 aromatic rings. The van der Waals surface area contributed by atoms with E-state index in [0.29, 0.717) is 18.8 Å². The van der Waals surface area contributed by atoms with Crippen LogP contribution in [-0.2, 0) is 17.9 Å². The summed E-state index contributed by atoms with van der Waals surface area (Å²) in [5.41, 5.74) is 2.14. The van der Waals surface area contributed by atoms with Crippen molar-refractivity contribution in [1.82, 2.24) is 15.1 Å². The van der Waals surface area contributed by atoms with Gasteiger partial charge in [-0.2, -0.15) is 5.10 Å². The Kier molecular flexibility index (Phi) is 6.80. The van der Waals surface area contributed by atoms with Crippen LogP contribution in [0.25, 0.3) is 11.3 Å². The third-order valence-corrected chi connectivity index (χ3v) is 4.74. The predicted octanol–water partition coefficient (Wildman–Crippen LogP) is 3.23. The highest BCUT2D eigenvalue weighted by Crippen LogP contribution is 2.19. The van der Waals surface area contributed by atoms with E-state index < -0.39 is 0 Å². The summed E-state index contributed by atoms with van der Waals surface area (Å²) in [7, 11) is 0. The zero-order valence-corrected chi connectivity index (χ0v) is 17.5. The van der Waals surface area contributed by atoms with E-state index in [9.17, 15) is 9.59 Å². The third kappa shape index (κ3) is 5.41. The minimum atomic E-state index is -0.320. The summed E-state index contributed by atoms with van der Waals surface area (Å²) in [4.78, 5) is 24.3. The number of hydrogen-bond donors (Lipinski definition) is 1. The van der Waals surface area contributed by atoms with Crippen LogP contribution in [0.5, 0.6) is 5.75 Å². The lowest BCUT2D eigenvalue weighted by Gasteiger charge is -2.09. The van der Waals surface area contributed by atoms with Crippen molar-refractivity contribution in [1.29, 1.82) is 0 Å². The number of nitrogens with zero attached hydrogens (tertiary/aromatic N) is 2. The summed E-state index contributed by atoms with van der Waals surface area (Å²) in [5.74, 6) is 0.506. The largest absolute Gasteiger partial charge is 0.494 e. The lowest BCUT2D eigenvalue weighted by atomic mass is 10.1. The van der Waals surface area contributed by atoms with Crippen LogP contribution in [0.1, 0.15) is 12.5 Å². The number of carbonyl (C=O) groups excluding carboxylic acids is 1. The number of nitrogens with one attached hydrogen (secondary N) is 1. The van der Waals surface area contributed by atoms with Gasteiger partial charge in [0, 0.05) is 21.7 Å². The lowest BCUT2D eigenvalue weighted by molar-refractivity contribution is -0.122. The predicted molar refractivity (Wildman–Crippen MR) is 116 cm³/mol. The maximum atomic E-state index is 12.2. The van der Waals surface area contributed by atoms with Gasteiger partial charge >= 0.3 is 0 Å². The minimum Gasteiger partial charge on any atom is -0.494 e. The lowest BCUT2D eigenvalue weighted by Crippen LogP contribution is -2.33. The number of carbonyl (C=O) groups is 1. The molecule has 0 aliphatic carbocycles. The number of aromatic nitrogens is 2. The Morgan fingerprint density at radius 1 is 1.07 bits per heavy atom. The minimum absolute atomic E-state index is 0.131. The van der Waals surface area contributed by atoms with E-state index in [1.807, 2.05) is 55.5 Å². The number of amides is 1. The molecule has 7 heteroatoms. The van der Waals surface area contributed by atoms with Crippen molar-refractivity contribution in [2.45, 2.75) is 20.0 Å². The van der Waals surface area contributed by atoms with E-state index in [4.69, 9.17) is 4.74 Å². The molecule has 1 aromatic heterocycles. The van der Waals surface area contributed by atoms with Crippen LogP contribution in [0.4, 0.5) is 0 Å². The first-order valence-corrected chi connectivity index (χ1v) is 9.95. The molecule has 1 N–H and O–H groups in total. The molecule has 0 radical (unpaired) electrons. The molecule has 0 saturated carbocycles. The fourth-order valence-electron chi connectivity index (χ4n) is 2.60. The molecule has 144 valence electrons. The number of ether oxygens (including phenoxy) is 1. The quantitative estimate of drug-likeness (QED) is 0.518. The summed E-state index contributed by atoms with van der Waals surface area (Å²) in [5, 5.41) is 7.14. The second-order valence-corrected chi connectivity index (χ2v) is 7.32. The van der Waals surface area contributed by atoms with Gasteiger partial charge in [0.1, 0.15) is 12.3 Å². The number of benzene rings is 2. The molecular formula is C21H20IN3O3. The van der Waals surface area contributed by atoms with Gasteiger partial charge < -0.3 is 10.1 Å². The molecule has 0 atom stereocenters. The fourth-order valence-corrected chi connectivity index (χ4v) is 2.96. The maximum Gasteiger partial charge on any atom is 0.267 e.